The van der Waals surface area contributed by atoms with E-state index in [-0.39, 0.29) is 5.91 Å². The third-order valence-electron chi connectivity index (χ3n) is 2.62. The fourth-order valence-corrected chi connectivity index (χ4v) is 2.09. The zero-order valence-corrected chi connectivity index (χ0v) is 11.3. The van der Waals surface area contributed by atoms with E-state index in [2.05, 4.69) is 19.2 Å². The molecule has 0 aliphatic heterocycles. The highest BCUT2D eigenvalue weighted by atomic mass is 32.1. The molecule has 0 saturated heterocycles. The Hall–Kier alpha value is -1.62. The SMILES string of the molecule is CCC(C)CNC(=O)c1sccc1C=CC(=O)O. The highest BCUT2D eigenvalue weighted by molar-refractivity contribution is 7.12. The standard InChI is InChI=1S/C13H17NO3S/c1-3-9(2)8-14-13(17)12-10(6-7-18-12)4-5-11(15)16/h4-7,9H,3,8H2,1-2H3,(H,14,17)(H,15,16). The maximum atomic E-state index is 11.9. The van der Waals surface area contributed by atoms with Gasteiger partial charge in [-0.05, 0) is 29.0 Å². The zero-order chi connectivity index (χ0) is 13.5. The van der Waals surface area contributed by atoms with E-state index in [1.807, 2.05) is 0 Å². The van der Waals surface area contributed by atoms with Crippen molar-refractivity contribution in [2.75, 3.05) is 6.54 Å². The number of hydrogen-bond donors (Lipinski definition) is 2. The predicted octanol–water partition coefficient (Wildman–Crippen LogP) is 2.62. The predicted molar refractivity (Wildman–Crippen MR) is 72.8 cm³/mol. The van der Waals surface area contributed by atoms with Gasteiger partial charge in [0.25, 0.3) is 5.91 Å². The molecule has 1 unspecified atom stereocenters. The van der Waals surface area contributed by atoms with E-state index in [1.54, 1.807) is 11.4 Å². The molecular weight excluding hydrogens is 250 g/mol. The molecule has 1 rings (SSSR count). The van der Waals surface area contributed by atoms with Gasteiger partial charge in [0.1, 0.15) is 0 Å². The second-order valence-electron chi connectivity index (χ2n) is 4.10. The monoisotopic (exact) mass is 267 g/mol. The Morgan fingerprint density at radius 3 is 2.89 bits per heavy atom. The summed E-state index contributed by atoms with van der Waals surface area (Å²) in [6.45, 7) is 4.78. The van der Waals surface area contributed by atoms with Gasteiger partial charge in [-0.3, -0.25) is 4.79 Å². The third-order valence-corrected chi connectivity index (χ3v) is 3.54. The summed E-state index contributed by atoms with van der Waals surface area (Å²) < 4.78 is 0. The number of aliphatic carboxylic acids is 1. The van der Waals surface area contributed by atoms with E-state index in [1.165, 1.54) is 17.4 Å². The van der Waals surface area contributed by atoms with Crippen LogP contribution in [0, 0.1) is 5.92 Å². The molecule has 2 N–H and O–H groups in total. The summed E-state index contributed by atoms with van der Waals surface area (Å²) in [6, 6.07) is 1.74. The van der Waals surface area contributed by atoms with Gasteiger partial charge >= 0.3 is 5.97 Å². The minimum absolute atomic E-state index is 0.143. The van der Waals surface area contributed by atoms with E-state index in [0.717, 1.165) is 12.5 Å². The maximum Gasteiger partial charge on any atom is 0.328 e. The lowest BCUT2D eigenvalue weighted by Gasteiger charge is -2.09. The topological polar surface area (TPSA) is 66.4 Å². The molecule has 4 nitrogen and oxygen atoms in total. The Labute approximate surface area is 110 Å². The molecule has 0 radical (unpaired) electrons. The summed E-state index contributed by atoms with van der Waals surface area (Å²) in [6.07, 6.45) is 3.49. The summed E-state index contributed by atoms with van der Waals surface area (Å²) in [5, 5.41) is 13.2. The van der Waals surface area contributed by atoms with Crippen molar-refractivity contribution in [1.82, 2.24) is 5.32 Å². The van der Waals surface area contributed by atoms with E-state index >= 15 is 0 Å². The molecule has 5 heteroatoms. The van der Waals surface area contributed by atoms with Gasteiger partial charge in [0.15, 0.2) is 0 Å². The van der Waals surface area contributed by atoms with Crippen LogP contribution < -0.4 is 5.32 Å². The molecule has 18 heavy (non-hydrogen) atoms. The lowest BCUT2D eigenvalue weighted by atomic mass is 10.1. The lowest BCUT2D eigenvalue weighted by molar-refractivity contribution is -0.131. The van der Waals surface area contributed by atoms with Crippen molar-refractivity contribution in [1.29, 1.82) is 0 Å². The molecule has 0 aliphatic carbocycles. The number of carbonyl (C=O) groups excluding carboxylic acids is 1. The van der Waals surface area contributed by atoms with Crippen molar-refractivity contribution in [3.05, 3.63) is 28.0 Å². The quantitative estimate of drug-likeness (QED) is 0.779. The fraction of sp³-hybridized carbons (Fsp3) is 0.385. The molecule has 0 spiro atoms. The molecule has 0 fully saturated rings. The first-order chi connectivity index (χ1) is 8.54. The first-order valence-corrected chi connectivity index (χ1v) is 6.69. The average molecular weight is 267 g/mol. The van der Waals surface area contributed by atoms with Crippen molar-refractivity contribution < 1.29 is 14.7 Å². The molecule has 0 bridgehead atoms. The molecule has 0 aromatic carbocycles. The fourth-order valence-electron chi connectivity index (χ4n) is 1.29. The van der Waals surface area contributed by atoms with Crippen molar-refractivity contribution in [2.24, 2.45) is 5.92 Å². The van der Waals surface area contributed by atoms with Crippen LogP contribution in [0.15, 0.2) is 17.5 Å². The molecule has 1 aromatic rings. The van der Waals surface area contributed by atoms with Gasteiger partial charge in [-0.15, -0.1) is 11.3 Å². The molecule has 0 aliphatic rings. The van der Waals surface area contributed by atoms with Crippen LogP contribution in [0.25, 0.3) is 6.08 Å². The van der Waals surface area contributed by atoms with Crippen LogP contribution in [-0.4, -0.2) is 23.5 Å². The molecule has 1 heterocycles. The molecule has 0 saturated carbocycles. The van der Waals surface area contributed by atoms with Gasteiger partial charge < -0.3 is 10.4 Å². The minimum atomic E-state index is -1.02. The number of rotatable bonds is 6. The Kier molecular flexibility index (Phi) is 5.58. The molecule has 1 atom stereocenters. The van der Waals surface area contributed by atoms with E-state index in [4.69, 9.17) is 5.11 Å². The van der Waals surface area contributed by atoms with Crippen LogP contribution in [-0.2, 0) is 4.79 Å². The van der Waals surface area contributed by atoms with Crippen LogP contribution in [0.3, 0.4) is 0 Å². The second-order valence-corrected chi connectivity index (χ2v) is 5.02. The summed E-state index contributed by atoms with van der Waals surface area (Å²) in [5.41, 5.74) is 0.643. The largest absolute Gasteiger partial charge is 0.478 e. The van der Waals surface area contributed by atoms with Crippen molar-refractivity contribution in [3.63, 3.8) is 0 Å². The molecular formula is C13H17NO3S. The molecule has 1 aromatic heterocycles. The highest BCUT2D eigenvalue weighted by Gasteiger charge is 2.12. The van der Waals surface area contributed by atoms with Crippen LogP contribution in [0.4, 0.5) is 0 Å². The number of thiophene rings is 1. The second kappa shape index (κ2) is 6.96. The number of nitrogens with one attached hydrogen (secondary N) is 1. The summed E-state index contributed by atoms with van der Waals surface area (Å²) in [5.74, 6) is -0.727. The van der Waals surface area contributed by atoms with Crippen LogP contribution in [0.5, 0.6) is 0 Å². The molecule has 1 amide bonds. The van der Waals surface area contributed by atoms with Crippen LogP contribution >= 0.6 is 11.3 Å². The number of carbonyl (C=O) groups is 2. The number of hydrogen-bond acceptors (Lipinski definition) is 3. The highest BCUT2D eigenvalue weighted by Crippen LogP contribution is 2.18. The normalized spacial score (nSPS) is 12.6. The first-order valence-electron chi connectivity index (χ1n) is 5.81. The Bertz CT molecular complexity index is 451. The van der Waals surface area contributed by atoms with Crippen LogP contribution in [0.1, 0.15) is 35.5 Å². The smallest absolute Gasteiger partial charge is 0.328 e. The summed E-state index contributed by atoms with van der Waals surface area (Å²) >= 11 is 1.31. The van der Waals surface area contributed by atoms with Gasteiger partial charge in [0, 0.05) is 12.6 Å². The van der Waals surface area contributed by atoms with Crippen LogP contribution in [0.2, 0.25) is 0 Å². The summed E-state index contributed by atoms with van der Waals surface area (Å²) in [4.78, 5) is 22.9. The number of carboxylic acids is 1. The summed E-state index contributed by atoms with van der Waals surface area (Å²) in [7, 11) is 0. The number of amides is 1. The molecule has 98 valence electrons. The third kappa shape index (κ3) is 4.33. The van der Waals surface area contributed by atoms with Gasteiger partial charge in [-0.2, -0.15) is 0 Å². The van der Waals surface area contributed by atoms with E-state index < -0.39 is 5.97 Å². The van der Waals surface area contributed by atoms with E-state index in [0.29, 0.717) is 22.9 Å². The Balaban J connectivity index is 2.69. The average Bonchev–Trinajstić information content (AvgIpc) is 2.81. The zero-order valence-electron chi connectivity index (χ0n) is 10.5. The van der Waals surface area contributed by atoms with Gasteiger partial charge in [-0.1, -0.05) is 20.3 Å². The first kappa shape index (κ1) is 14.4. The van der Waals surface area contributed by atoms with Gasteiger partial charge in [0.05, 0.1) is 4.88 Å². The van der Waals surface area contributed by atoms with Gasteiger partial charge in [-0.25, -0.2) is 4.79 Å². The minimum Gasteiger partial charge on any atom is -0.478 e. The van der Waals surface area contributed by atoms with E-state index in [9.17, 15) is 9.59 Å². The van der Waals surface area contributed by atoms with Gasteiger partial charge in [0.2, 0.25) is 0 Å². The lowest BCUT2D eigenvalue weighted by Crippen LogP contribution is -2.27. The van der Waals surface area contributed by atoms with Crippen molar-refractivity contribution in [2.45, 2.75) is 20.3 Å². The Morgan fingerprint density at radius 2 is 2.28 bits per heavy atom. The van der Waals surface area contributed by atoms with Crippen molar-refractivity contribution in [3.8, 4) is 0 Å². The maximum absolute atomic E-state index is 11.9. The van der Waals surface area contributed by atoms with Crippen molar-refractivity contribution >= 4 is 29.3 Å². The number of carboxylic acid groups (broad SMARTS) is 1. The Morgan fingerprint density at radius 1 is 1.56 bits per heavy atom.